The summed E-state index contributed by atoms with van der Waals surface area (Å²) >= 11 is 6.59. The summed E-state index contributed by atoms with van der Waals surface area (Å²) in [5.74, 6) is -0.732. The van der Waals surface area contributed by atoms with Crippen LogP contribution in [0.5, 0.6) is 5.75 Å². The summed E-state index contributed by atoms with van der Waals surface area (Å²) in [6.45, 7) is 6.81. The molecule has 3 N–H and O–H groups in total. The number of carbonyl (C=O) groups is 4. The van der Waals surface area contributed by atoms with Gasteiger partial charge in [0.1, 0.15) is 16.9 Å². The van der Waals surface area contributed by atoms with E-state index in [4.69, 9.17) is 26.1 Å². The van der Waals surface area contributed by atoms with Crippen LogP contribution in [0, 0.1) is 5.82 Å². The number of aromatic nitrogens is 3. The van der Waals surface area contributed by atoms with E-state index in [0.29, 0.717) is 45.2 Å². The fourth-order valence-corrected chi connectivity index (χ4v) is 10.0. The second-order valence-electron chi connectivity index (χ2n) is 17.8. The van der Waals surface area contributed by atoms with Crippen molar-refractivity contribution in [3.05, 3.63) is 80.5 Å². The van der Waals surface area contributed by atoms with Crippen LogP contribution in [0.25, 0.3) is 10.9 Å². The predicted octanol–water partition coefficient (Wildman–Crippen LogP) is 5.19. The Balaban J connectivity index is 0.746. The van der Waals surface area contributed by atoms with E-state index in [2.05, 4.69) is 30.7 Å². The van der Waals surface area contributed by atoms with Gasteiger partial charge in [-0.1, -0.05) is 17.7 Å². The molecule has 4 amide bonds. The molecule has 2 aromatic carbocycles. The Bertz CT molecular complexity index is 2550. The highest BCUT2D eigenvalue weighted by molar-refractivity contribution is 6.33. The summed E-state index contributed by atoms with van der Waals surface area (Å²) in [5, 5.41) is 9.23. The number of hydrogen-bond acceptors (Lipinski definition) is 12. The Labute approximate surface area is 374 Å². The van der Waals surface area contributed by atoms with Gasteiger partial charge in [-0.25, -0.2) is 9.37 Å². The van der Waals surface area contributed by atoms with Gasteiger partial charge >= 0.3 is 0 Å². The van der Waals surface area contributed by atoms with Gasteiger partial charge in [-0.3, -0.25) is 29.3 Å². The van der Waals surface area contributed by atoms with Crippen molar-refractivity contribution in [3.8, 4) is 5.75 Å². The molecule has 4 aliphatic heterocycles. The molecule has 6 heterocycles. The zero-order chi connectivity index (χ0) is 44.8. The maximum absolute atomic E-state index is 16.0. The third-order valence-electron chi connectivity index (χ3n) is 13.5. The number of likely N-dealkylation sites (tertiary alicyclic amines) is 1. The highest BCUT2D eigenvalue weighted by atomic mass is 35.5. The first-order valence-electron chi connectivity index (χ1n) is 22.3. The number of imide groups is 1. The van der Waals surface area contributed by atoms with E-state index < -0.39 is 11.9 Å². The van der Waals surface area contributed by atoms with Crippen molar-refractivity contribution in [2.75, 3.05) is 50.1 Å². The fourth-order valence-electron chi connectivity index (χ4n) is 9.89. The topological polar surface area (TPSA) is 180 Å². The SMILES string of the molecule is CNC(=O)COc1cc2cc(Nc3nc(N4CCC(OC5CC(N6CCC(c7ccc8c(c7F)CN(C7CCC(=O)NC7=O)C8=O)CC6)C5)CC4)ncc3Cl)ccc2n(C(C)C)c1=O. The molecule has 18 heteroatoms. The zero-order valence-corrected chi connectivity index (χ0v) is 37.0. The number of halogens is 2. The lowest BCUT2D eigenvalue weighted by atomic mass is 9.83. The predicted molar refractivity (Wildman–Crippen MR) is 238 cm³/mol. The molecule has 0 bridgehead atoms. The summed E-state index contributed by atoms with van der Waals surface area (Å²) in [6.07, 6.45) is 7.63. The van der Waals surface area contributed by atoms with Crippen LogP contribution >= 0.6 is 11.6 Å². The highest BCUT2D eigenvalue weighted by Crippen LogP contribution is 2.39. The van der Waals surface area contributed by atoms with Gasteiger partial charge in [0, 0.05) is 60.8 Å². The quantitative estimate of drug-likeness (QED) is 0.159. The lowest BCUT2D eigenvalue weighted by molar-refractivity contribution is -0.137. The standard InChI is InChI=1S/C46H53ClFN9O7/c1-25(2)57-36-7-4-28(18-27(36)19-38(45(57)62)63-24-40(59)49-3)51-42-35(47)22-50-46(53-42)55-16-12-30(13-17-55)64-31-20-29(21-31)54-14-10-26(11-15-54)32-5-6-33-34(41(32)48)23-56(44(33)61)37-8-9-39(58)52-43(37)60/h4-7,18-19,22,25-26,29-31,37H,8-17,20-21,23-24H2,1-3H3,(H,49,59)(H,50,51,53)(H,52,58,60). The summed E-state index contributed by atoms with van der Waals surface area (Å²) < 4.78 is 29.8. The number of piperidine rings is 3. The number of rotatable bonds is 12. The first-order chi connectivity index (χ1) is 30.8. The number of benzene rings is 2. The molecule has 5 aliphatic rings. The van der Waals surface area contributed by atoms with E-state index in [0.717, 1.165) is 75.6 Å². The Morgan fingerprint density at radius 2 is 1.75 bits per heavy atom. The normalized spacial score (nSPS) is 22.2. The van der Waals surface area contributed by atoms with Crippen molar-refractivity contribution in [1.29, 1.82) is 0 Å². The Morgan fingerprint density at radius 3 is 2.47 bits per heavy atom. The lowest BCUT2D eigenvalue weighted by Gasteiger charge is -2.47. The minimum atomic E-state index is -0.769. The van der Waals surface area contributed by atoms with Gasteiger partial charge in [0.2, 0.25) is 17.8 Å². The molecule has 3 saturated heterocycles. The van der Waals surface area contributed by atoms with Crippen LogP contribution in [0.15, 0.2) is 47.4 Å². The van der Waals surface area contributed by atoms with Crippen LogP contribution < -0.4 is 31.1 Å². The average molecular weight is 898 g/mol. The van der Waals surface area contributed by atoms with Crippen molar-refractivity contribution in [3.63, 3.8) is 0 Å². The number of ether oxygens (including phenoxy) is 2. The second-order valence-corrected chi connectivity index (χ2v) is 18.2. The molecule has 0 radical (unpaired) electrons. The smallest absolute Gasteiger partial charge is 0.293 e. The number of hydrogen-bond donors (Lipinski definition) is 3. The Morgan fingerprint density at radius 1 is 0.984 bits per heavy atom. The van der Waals surface area contributed by atoms with Gasteiger partial charge in [-0.2, -0.15) is 4.98 Å². The number of nitrogens with zero attached hydrogens (tertiary/aromatic N) is 6. The van der Waals surface area contributed by atoms with Gasteiger partial charge in [0.25, 0.3) is 17.4 Å². The molecule has 2 aromatic heterocycles. The number of nitrogens with one attached hydrogen (secondary N) is 3. The molecule has 1 saturated carbocycles. The van der Waals surface area contributed by atoms with Crippen molar-refractivity contribution >= 4 is 63.6 Å². The molecule has 338 valence electrons. The van der Waals surface area contributed by atoms with Crippen LogP contribution in [0.4, 0.5) is 21.8 Å². The molecule has 64 heavy (non-hydrogen) atoms. The summed E-state index contributed by atoms with van der Waals surface area (Å²) in [7, 11) is 1.51. The van der Waals surface area contributed by atoms with E-state index >= 15 is 4.39 Å². The van der Waals surface area contributed by atoms with E-state index in [9.17, 15) is 24.0 Å². The second kappa shape index (κ2) is 18.1. The van der Waals surface area contributed by atoms with Gasteiger partial charge in [0.05, 0.1) is 30.5 Å². The van der Waals surface area contributed by atoms with Crippen molar-refractivity contribution in [1.82, 2.24) is 35.0 Å². The molecule has 0 spiro atoms. The van der Waals surface area contributed by atoms with Crippen LogP contribution in [0.1, 0.15) is 98.7 Å². The molecular weight excluding hydrogens is 845 g/mol. The fraction of sp³-hybridized carbons (Fsp3) is 0.500. The molecule has 4 fully saturated rings. The van der Waals surface area contributed by atoms with E-state index in [-0.39, 0.29) is 85.0 Å². The number of amides is 4. The third kappa shape index (κ3) is 8.64. The molecule has 16 nitrogen and oxygen atoms in total. The zero-order valence-electron chi connectivity index (χ0n) is 36.2. The van der Waals surface area contributed by atoms with Crippen LogP contribution in [-0.2, 0) is 25.7 Å². The van der Waals surface area contributed by atoms with Crippen molar-refractivity contribution in [2.24, 2.45) is 0 Å². The summed E-state index contributed by atoms with van der Waals surface area (Å²) in [5.41, 5.74) is 2.41. The summed E-state index contributed by atoms with van der Waals surface area (Å²) in [4.78, 5) is 77.7. The average Bonchev–Trinajstić information content (AvgIpc) is 3.61. The number of likely N-dealkylation sites (N-methyl/N-ethyl adjacent to an activating group) is 1. The van der Waals surface area contributed by atoms with Crippen molar-refractivity contribution < 1.29 is 33.0 Å². The monoisotopic (exact) mass is 897 g/mol. The largest absolute Gasteiger partial charge is 0.478 e. The Kier molecular flexibility index (Phi) is 12.3. The number of fused-ring (bicyclic) bond motifs is 2. The molecule has 1 aliphatic carbocycles. The van der Waals surface area contributed by atoms with E-state index in [1.807, 2.05) is 32.0 Å². The van der Waals surface area contributed by atoms with Crippen LogP contribution in [0.2, 0.25) is 5.02 Å². The molecule has 4 aromatic rings. The molecular formula is C46H53ClFN9O7. The number of carbonyl (C=O) groups excluding carboxylic acids is 4. The summed E-state index contributed by atoms with van der Waals surface area (Å²) in [6, 6.07) is 10.2. The van der Waals surface area contributed by atoms with Gasteiger partial charge in [0.15, 0.2) is 18.2 Å². The first kappa shape index (κ1) is 43.6. The lowest BCUT2D eigenvalue weighted by Crippen LogP contribution is -2.52. The highest BCUT2D eigenvalue weighted by Gasteiger charge is 2.42. The van der Waals surface area contributed by atoms with Gasteiger partial charge < -0.3 is 39.4 Å². The van der Waals surface area contributed by atoms with Gasteiger partial charge in [-0.05, 0) is 114 Å². The molecule has 9 rings (SSSR count). The molecule has 1 atom stereocenters. The van der Waals surface area contributed by atoms with Crippen LogP contribution in [0.3, 0.4) is 0 Å². The maximum atomic E-state index is 16.0. The number of anilines is 3. The number of pyridine rings is 1. The molecule has 1 unspecified atom stereocenters. The maximum Gasteiger partial charge on any atom is 0.293 e. The van der Waals surface area contributed by atoms with E-state index in [1.165, 1.54) is 11.9 Å². The first-order valence-corrected chi connectivity index (χ1v) is 22.7. The minimum Gasteiger partial charge on any atom is -0.478 e. The third-order valence-corrected chi connectivity index (χ3v) is 13.8. The van der Waals surface area contributed by atoms with Gasteiger partial charge in [-0.15, -0.1) is 0 Å². The van der Waals surface area contributed by atoms with Crippen LogP contribution in [-0.4, -0.2) is 112 Å². The van der Waals surface area contributed by atoms with Crippen molar-refractivity contribution in [2.45, 2.75) is 108 Å². The Hall–Kier alpha value is -5.65. The minimum absolute atomic E-state index is 0.0380. The van der Waals surface area contributed by atoms with E-state index in [1.54, 1.807) is 29.0 Å².